The fourth-order valence-corrected chi connectivity index (χ4v) is 2.70. The van der Waals surface area contributed by atoms with Gasteiger partial charge in [-0.2, -0.15) is 0 Å². The summed E-state index contributed by atoms with van der Waals surface area (Å²) < 4.78 is 13.1. The molecule has 0 bridgehead atoms. The van der Waals surface area contributed by atoms with Crippen molar-refractivity contribution in [2.24, 2.45) is 0 Å². The van der Waals surface area contributed by atoms with Crippen LogP contribution in [0.5, 0.6) is 11.5 Å². The minimum Gasteiger partial charge on any atom is -0.490 e. The normalized spacial score (nSPS) is 10.5. The van der Waals surface area contributed by atoms with Gasteiger partial charge in [-0.05, 0) is 26.0 Å². The molecule has 0 unspecified atom stereocenters. The third-order valence-electron chi connectivity index (χ3n) is 2.94. The van der Waals surface area contributed by atoms with Crippen LogP contribution < -0.4 is 9.47 Å². The van der Waals surface area contributed by atoms with Crippen LogP contribution in [-0.4, -0.2) is 38.2 Å². The molecule has 1 aromatic carbocycles. The van der Waals surface area contributed by atoms with Crippen molar-refractivity contribution in [3.63, 3.8) is 0 Å². The van der Waals surface area contributed by atoms with Crippen molar-refractivity contribution < 1.29 is 19.4 Å². The van der Waals surface area contributed by atoms with Gasteiger partial charge in [0.1, 0.15) is 6.61 Å². The second-order valence-corrected chi connectivity index (χ2v) is 5.44. The molecule has 124 valence electrons. The van der Waals surface area contributed by atoms with Gasteiger partial charge in [0.25, 0.3) is 0 Å². The molecule has 2 rings (SSSR count). The molecular weight excluding hydrogens is 318 g/mol. The van der Waals surface area contributed by atoms with Crippen molar-refractivity contribution in [2.75, 3.05) is 12.4 Å². The van der Waals surface area contributed by atoms with Gasteiger partial charge in [-0.15, -0.1) is 10.2 Å². The molecule has 0 saturated carbocycles. The maximum Gasteiger partial charge on any atom is 0.313 e. The highest BCUT2D eigenvalue weighted by molar-refractivity contribution is 7.99. The third-order valence-corrected chi connectivity index (χ3v) is 3.89. The smallest absolute Gasteiger partial charge is 0.313 e. The Bertz CT molecular complexity index is 660. The van der Waals surface area contributed by atoms with Gasteiger partial charge in [-0.1, -0.05) is 23.9 Å². The summed E-state index contributed by atoms with van der Waals surface area (Å²) in [6.45, 7) is 5.29. The molecule has 0 spiro atoms. The second kappa shape index (κ2) is 8.42. The first-order valence-electron chi connectivity index (χ1n) is 7.27. The average molecular weight is 337 g/mol. The number of hydrogen-bond acceptors (Lipinski definition) is 6. The molecule has 0 radical (unpaired) electrons. The van der Waals surface area contributed by atoms with Crippen LogP contribution in [0.2, 0.25) is 0 Å². The summed E-state index contributed by atoms with van der Waals surface area (Å²) in [6.07, 6.45) is 0. The Labute approximate surface area is 138 Å². The highest BCUT2D eigenvalue weighted by Gasteiger charge is 2.14. The molecule has 1 aromatic heterocycles. The van der Waals surface area contributed by atoms with Crippen LogP contribution in [0.4, 0.5) is 0 Å². The van der Waals surface area contributed by atoms with E-state index in [1.54, 1.807) is 0 Å². The van der Waals surface area contributed by atoms with Crippen LogP contribution in [0.15, 0.2) is 29.4 Å². The lowest BCUT2D eigenvalue weighted by Gasteiger charge is -2.12. The highest BCUT2D eigenvalue weighted by Crippen LogP contribution is 2.27. The molecule has 0 saturated heterocycles. The lowest BCUT2D eigenvalue weighted by molar-refractivity contribution is -0.133. The van der Waals surface area contributed by atoms with E-state index in [2.05, 4.69) is 10.2 Å². The summed E-state index contributed by atoms with van der Waals surface area (Å²) in [7, 11) is 0. The minimum atomic E-state index is -0.885. The van der Waals surface area contributed by atoms with Gasteiger partial charge < -0.3 is 19.1 Å². The molecule has 0 aliphatic carbocycles. The first-order valence-corrected chi connectivity index (χ1v) is 8.25. The van der Waals surface area contributed by atoms with Gasteiger partial charge in [0.2, 0.25) is 0 Å². The average Bonchev–Trinajstić information content (AvgIpc) is 2.94. The Morgan fingerprint density at radius 1 is 1.22 bits per heavy atom. The maximum absolute atomic E-state index is 10.7. The number of carbonyl (C=O) groups is 1. The van der Waals surface area contributed by atoms with Crippen LogP contribution in [-0.2, 0) is 17.9 Å². The van der Waals surface area contributed by atoms with E-state index < -0.39 is 5.97 Å². The van der Waals surface area contributed by atoms with E-state index >= 15 is 0 Å². The summed E-state index contributed by atoms with van der Waals surface area (Å²) in [6, 6.07) is 7.43. The minimum absolute atomic E-state index is 0.0494. The van der Waals surface area contributed by atoms with Crippen molar-refractivity contribution in [3.05, 3.63) is 30.1 Å². The van der Waals surface area contributed by atoms with E-state index in [0.717, 1.165) is 11.8 Å². The van der Waals surface area contributed by atoms with Crippen molar-refractivity contribution in [1.29, 1.82) is 0 Å². The molecule has 0 aliphatic heterocycles. The Balaban J connectivity index is 2.07. The van der Waals surface area contributed by atoms with Gasteiger partial charge >= 0.3 is 5.97 Å². The predicted molar refractivity (Wildman–Crippen MR) is 86.0 cm³/mol. The van der Waals surface area contributed by atoms with Gasteiger partial charge in [0.05, 0.1) is 12.4 Å². The maximum atomic E-state index is 10.7. The number of rotatable bonds is 9. The first kappa shape index (κ1) is 17.1. The van der Waals surface area contributed by atoms with Crippen molar-refractivity contribution >= 4 is 17.7 Å². The number of aliphatic carboxylic acids is 1. The number of thioether (sulfide) groups is 1. The summed E-state index contributed by atoms with van der Waals surface area (Å²) in [5.74, 6) is 1.03. The second-order valence-electron chi connectivity index (χ2n) is 4.49. The standard InChI is InChI=1S/C15H19N3O4S/c1-3-18-13(16-17-15(18)23-10-14(19)20)9-22-12-8-6-5-7-11(12)21-4-2/h5-8H,3-4,9-10H2,1-2H3,(H,19,20). The number of hydrogen-bond donors (Lipinski definition) is 1. The van der Waals surface area contributed by atoms with E-state index in [0.29, 0.717) is 35.6 Å². The zero-order valence-corrected chi connectivity index (χ0v) is 13.9. The largest absolute Gasteiger partial charge is 0.490 e. The molecule has 0 amide bonds. The Morgan fingerprint density at radius 3 is 2.52 bits per heavy atom. The van der Waals surface area contributed by atoms with Crippen molar-refractivity contribution in [1.82, 2.24) is 14.8 Å². The zero-order valence-electron chi connectivity index (χ0n) is 13.1. The molecule has 23 heavy (non-hydrogen) atoms. The van der Waals surface area contributed by atoms with E-state index in [9.17, 15) is 4.79 Å². The fourth-order valence-electron chi connectivity index (χ4n) is 1.96. The number of nitrogens with zero attached hydrogens (tertiary/aromatic N) is 3. The van der Waals surface area contributed by atoms with Crippen molar-refractivity contribution in [2.45, 2.75) is 32.2 Å². The van der Waals surface area contributed by atoms with E-state index in [1.165, 1.54) is 0 Å². The predicted octanol–water partition coefficient (Wildman–Crippen LogP) is 2.45. The highest BCUT2D eigenvalue weighted by atomic mass is 32.2. The number of benzene rings is 1. The Hall–Kier alpha value is -2.22. The van der Waals surface area contributed by atoms with Gasteiger partial charge in [0.15, 0.2) is 22.5 Å². The van der Waals surface area contributed by atoms with E-state index in [-0.39, 0.29) is 12.4 Å². The van der Waals surface area contributed by atoms with Crippen LogP contribution in [0.1, 0.15) is 19.7 Å². The zero-order chi connectivity index (χ0) is 16.7. The molecular formula is C15H19N3O4S. The first-order chi connectivity index (χ1) is 11.2. The summed E-state index contributed by atoms with van der Waals surface area (Å²) in [4.78, 5) is 10.7. The third kappa shape index (κ3) is 4.62. The molecule has 7 nitrogen and oxygen atoms in total. The summed E-state index contributed by atoms with van der Waals surface area (Å²) in [5.41, 5.74) is 0. The molecule has 0 atom stereocenters. The number of carboxylic acid groups (broad SMARTS) is 1. The van der Waals surface area contributed by atoms with Crippen LogP contribution in [0.25, 0.3) is 0 Å². The molecule has 1 heterocycles. The Morgan fingerprint density at radius 2 is 1.91 bits per heavy atom. The number of aromatic nitrogens is 3. The quantitative estimate of drug-likeness (QED) is 0.703. The fraction of sp³-hybridized carbons (Fsp3) is 0.400. The van der Waals surface area contributed by atoms with Crippen LogP contribution in [0.3, 0.4) is 0 Å². The van der Waals surface area contributed by atoms with Gasteiger partial charge in [-0.3, -0.25) is 4.79 Å². The lowest BCUT2D eigenvalue weighted by Crippen LogP contribution is -2.08. The van der Waals surface area contributed by atoms with Crippen LogP contribution >= 0.6 is 11.8 Å². The number of para-hydroxylation sites is 2. The topological polar surface area (TPSA) is 86.5 Å². The summed E-state index contributed by atoms with van der Waals surface area (Å²) in [5, 5.41) is 17.5. The van der Waals surface area contributed by atoms with E-state index in [4.69, 9.17) is 14.6 Å². The number of carboxylic acids is 1. The molecule has 1 N–H and O–H groups in total. The monoisotopic (exact) mass is 337 g/mol. The summed E-state index contributed by atoms with van der Waals surface area (Å²) >= 11 is 1.14. The lowest BCUT2D eigenvalue weighted by atomic mass is 10.3. The van der Waals surface area contributed by atoms with E-state index in [1.807, 2.05) is 42.7 Å². The van der Waals surface area contributed by atoms with Gasteiger partial charge in [0, 0.05) is 6.54 Å². The molecule has 2 aromatic rings. The van der Waals surface area contributed by atoms with Crippen LogP contribution in [0, 0.1) is 0 Å². The van der Waals surface area contributed by atoms with Gasteiger partial charge in [-0.25, -0.2) is 0 Å². The Kier molecular flexibility index (Phi) is 6.28. The number of ether oxygens (including phenoxy) is 2. The molecule has 0 aliphatic rings. The van der Waals surface area contributed by atoms with Crippen molar-refractivity contribution in [3.8, 4) is 11.5 Å². The molecule has 0 fully saturated rings. The molecule has 8 heteroatoms. The SMILES string of the molecule is CCOc1ccccc1OCc1nnc(SCC(=O)O)n1CC.